The number of nitrogens with one attached hydrogen (secondary N) is 1. The van der Waals surface area contributed by atoms with Crippen LogP contribution >= 0.6 is 11.3 Å². The van der Waals surface area contributed by atoms with Gasteiger partial charge in [-0.2, -0.15) is 4.68 Å². The third-order valence-corrected chi connectivity index (χ3v) is 4.85. The lowest BCUT2D eigenvalue weighted by Gasteiger charge is -2.00. The molecular weight excluding hydrogens is 395 g/mol. The van der Waals surface area contributed by atoms with Crippen LogP contribution in [0, 0.1) is 12.7 Å². The molecule has 0 aliphatic carbocycles. The fraction of sp³-hybridized carbons (Fsp3) is 0.100. The van der Waals surface area contributed by atoms with Crippen molar-refractivity contribution in [1.29, 1.82) is 0 Å². The Morgan fingerprint density at radius 2 is 1.83 bits per heavy atom. The van der Waals surface area contributed by atoms with Crippen molar-refractivity contribution in [2.45, 2.75) is 13.5 Å². The van der Waals surface area contributed by atoms with E-state index in [1.807, 2.05) is 36.6 Å². The van der Waals surface area contributed by atoms with E-state index in [0.29, 0.717) is 10.7 Å². The summed E-state index contributed by atoms with van der Waals surface area (Å²) in [6.45, 7) is 1.67. The topological polar surface area (TPSA) is 90.0 Å². The Morgan fingerprint density at radius 3 is 2.55 bits per heavy atom. The van der Waals surface area contributed by atoms with Crippen molar-refractivity contribution in [2.75, 3.05) is 5.32 Å². The summed E-state index contributed by atoms with van der Waals surface area (Å²) in [4.78, 5) is 28.6. The minimum Gasteiger partial charge on any atom is -0.388 e. The Morgan fingerprint density at radius 1 is 1.14 bits per heavy atom. The third kappa shape index (κ3) is 4.30. The zero-order valence-electron chi connectivity index (χ0n) is 15.3. The molecular formula is C20H15FN4O3S. The summed E-state index contributed by atoms with van der Waals surface area (Å²) in [5.41, 5.74) is 3.28. The number of anilines is 1. The van der Waals surface area contributed by atoms with Crippen LogP contribution in [0.3, 0.4) is 0 Å². The number of aromatic nitrogens is 3. The van der Waals surface area contributed by atoms with Gasteiger partial charge in [-0.3, -0.25) is 4.79 Å². The molecule has 2 aromatic carbocycles. The minimum atomic E-state index is -0.779. The first-order valence-corrected chi connectivity index (χ1v) is 9.52. The number of amides is 1. The second-order valence-corrected chi connectivity index (χ2v) is 7.15. The first-order chi connectivity index (χ1) is 14.0. The molecule has 9 heteroatoms. The molecule has 0 radical (unpaired) electrons. The summed E-state index contributed by atoms with van der Waals surface area (Å²) in [6.07, 6.45) is 0. The molecule has 0 aliphatic rings. The average Bonchev–Trinajstić information content (AvgIpc) is 3.30. The lowest BCUT2D eigenvalue weighted by Crippen LogP contribution is -2.25. The maximum Gasteiger partial charge on any atom is 0.437 e. The van der Waals surface area contributed by atoms with Crippen molar-refractivity contribution >= 4 is 22.4 Å². The molecule has 0 atom stereocenters. The lowest BCUT2D eigenvalue weighted by molar-refractivity contribution is -0.117. The molecule has 7 nitrogen and oxygen atoms in total. The molecule has 0 spiro atoms. The molecule has 0 aliphatic heterocycles. The van der Waals surface area contributed by atoms with Gasteiger partial charge in [0, 0.05) is 16.5 Å². The van der Waals surface area contributed by atoms with Gasteiger partial charge in [0.15, 0.2) is 5.13 Å². The molecule has 1 N–H and O–H groups in total. The van der Waals surface area contributed by atoms with E-state index in [9.17, 15) is 14.0 Å². The standard InChI is InChI=1S/C20H15FN4O3S/c1-12-2-4-13(5-3-12)16-11-29-19(22-16)23-17(26)10-25-20(27)28-18(24-25)14-6-8-15(21)9-7-14/h2-9,11H,10H2,1H3,(H,22,23,26). The van der Waals surface area contributed by atoms with E-state index in [0.717, 1.165) is 21.5 Å². The van der Waals surface area contributed by atoms with E-state index in [-0.39, 0.29) is 12.4 Å². The predicted octanol–water partition coefficient (Wildman–Crippen LogP) is 3.71. The van der Waals surface area contributed by atoms with Crippen LogP contribution in [-0.2, 0) is 11.3 Å². The second kappa shape index (κ2) is 7.80. The molecule has 4 rings (SSSR count). The molecule has 0 saturated carbocycles. The van der Waals surface area contributed by atoms with Gasteiger partial charge in [-0.25, -0.2) is 14.2 Å². The highest BCUT2D eigenvalue weighted by Gasteiger charge is 2.15. The van der Waals surface area contributed by atoms with Crippen molar-refractivity contribution in [3.05, 3.63) is 75.8 Å². The van der Waals surface area contributed by atoms with Crippen LogP contribution in [-0.4, -0.2) is 20.7 Å². The lowest BCUT2D eigenvalue weighted by atomic mass is 10.1. The SMILES string of the molecule is Cc1ccc(-c2csc(NC(=O)Cn3nc(-c4ccc(F)cc4)oc3=O)n2)cc1. The van der Waals surface area contributed by atoms with Crippen molar-refractivity contribution < 1.29 is 13.6 Å². The van der Waals surface area contributed by atoms with Gasteiger partial charge in [-0.1, -0.05) is 29.8 Å². The van der Waals surface area contributed by atoms with Gasteiger partial charge in [0.25, 0.3) is 0 Å². The number of rotatable bonds is 5. The van der Waals surface area contributed by atoms with Gasteiger partial charge in [-0.15, -0.1) is 16.4 Å². The fourth-order valence-electron chi connectivity index (χ4n) is 2.60. The highest BCUT2D eigenvalue weighted by atomic mass is 32.1. The van der Waals surface area contributed by atoms with E-state index < -0.39 is 17.5 Å². The van der Waals surface area contributed by atoms with Gasteiger partial charge in [-0.05, 0) is 31.2 Å². The van der Waals surface area contributed by atoms with Crippen LogP contribution in [0.1, 0.15) is 5.56 Å². The summed E-state index contributed by atoms with van der Waals surface area (Å²) >= 11 is 1.29. The largest absolute Gasteiger partial charge is 0.437 e. The first kappa shape index (κ1) is 18.8. The van der Waals surface area contributed by atoms with Gasteiger partial charge < -0.3 is 9.73 Å². The number of aryl methyl sites for hydroxylation is 1. The number of hydrogen-bond donors (Lipinski definition) is 1. The van der Waals surface area contributed by atoms with Crippen molar-refractivity contribution in [3.63, 3.8) is 0 Å². The highest BCUT2D eigenvalue weighted by Crippen LogP contribution is 2.25. The summed E-state index contributed by atoms with van der Waals surface area (Å²) in [5, 5.41) is 8.90. The smallest absolute Gasteiger partial charge is 0.388 e. The number of nitrogens with zero attached hydrogens (tertiary/aromatic N) is 3. The number of benzene rings is 2. The van der Waals surface area contributed by atoms with Crippen LogP contribution < -0.4 is 11.1 Å². The Labute approximate surface area is 168 Å². The molecule has 29 heavy (non-hydrogen) atoms. The Hall–Kier alpha value is -3.59. The van der Waals surface area contributed by atoms with E-state index in [2.05, 4.69) is 15.4 Å². The summed E-state index contributed by atoms with van der Waals surface area (Å²) in [7, 11) is 0. The fourth-order valence-corrected chi connectivity index (χ4v) is 3.33. The van der Waals surface area contributed by atoms with Gasteiger partial charge in [0.2, 0.25) is 11.8 Å². The predicted molar refractivity (Wildman–Crippen MR) is 107 cm³/mol. The molecule has 0 unspecified atom stereocenters. The van der Waals surface area contributed by atoms with E-state index >= 15 is 0 Å². The molecule has 2 aromatic heterocycles. The van der Waals surface area contributed by atoms with Gasteiger partial charge in [0.05, 0.1) is 5.69 Å². The molecule has 2 heterocycles. The Kier molecular flexibility index (Phi) is 5.05. The van der Waals surface area contributed by atoms with E-state index in [1.54, 1.807) is 0 Å². The monoisotopic (exact) mass is 410 g/mol. The third-order valence-electron chi connectivity index (χ3n) is 4.09. The zero-order chi connectivity index (χ0) is 20.4. The Bertz CT molecular complexity index is 1210. The molecule has 1 amide bonds. The minimum absolute atomic E-state index is 0.0127. The first-order valence-electron chi connectivity index (χ1n) is 8.64. The van der Waals surface area contributed by atoms with E-state index in [4.69, 9.17) is 4.42 Å². The molecule has 4 aromatic rings. The maximum absolute atomic E-state index is 13.0. The molecule has 0 fully saturated rings. The van der Waals surface area contributed by atoms with Crippen LogP contribution in [0.2, 0.25) is 0 Å². The number of carbonyl (C=O) groups is 1. The number of thiazole rings is 1. The second-order valence-electron chi connectivity index (χ2n) is 6.29. The summed E-state index contributed by atoms with van der Waals surface area (Å²) in [6, 6.07) is 13.2. The normalized spacial score (nSPS) is 10.8. The molecule has 0 saturated heterocycles. The number of carbonyl (C=O) groups excluding carboxylic acids is 1. The quantitative estimate of drug-likeness (QED) is 0.542. The van der Waals surface area contributed by atoms with Crippen molar-refractivity contribution in [1.82, 2.24) is 14.8 Å². The van der Waals surface area contributed by atoms with Crippen LogP contribution in [0.5, 0.6) is 0 Å². The average molecular weight is 410 g/mol. The van der Waals surface area contributed by atoms with Crippen LogP contribution in [0.15, 0.2) is 63.1 Å². The zero-order valence-corrected chi connectivity index (χ0v) is 16.1. The van der Waals surface area contributed by atoms with Gasteiger partial charge in [0.1, 0.15) is 12.4 Å². The highest BCUT2D eigenvalue weighted by molar-refractivity contribution is 7.14. The van der Waals surface area contributed by atoms with E-state index in [1.165, 1.54) is 35.6 Å². The molecule has 146 valence electrons. The van der Waals surface area contributed by atoms with Gasteiger partial charge >= 0.3 is 5.76 Å². The van der Waals surface area contributed by atoms with Crippen LogP contribution in [0.4, 0.5) is 9.52 Å². The maximum atomic E-state index is 13.0. The Balaban J connectivity index is 1.44. The summed E-state index contributed by atoms with van der Waals surface area (Å²) < 4.78 is 19.0. The number of halogens is 1. The van der Waals surface area contributed by atoms with Crippen molar-refractivity contribution in [2.24, 2.45) is 0 Å². The molecule has 0 bridgehead atoms. The van der Waals surface area contributed by atoms with Crippen molar-refractivity contribution in [3.8, 4) is 22.7 Å². The number of hydrogen-bond acceptors (Lipinski definition) is 6. The summed E-state index contributed by atoms with van der Waals surface area (Å²) in [5.74, 6) is -1.64. The van der Waals surface area contributed by atoms with Crippen LogP contribution in [0.25, 0.3) is 22.7 Å².